The van der Waals surface area contributed by atoms with Crippen molar-refractivity contribution < 1.29 is 21.7 Å². The summed E-state index contributed by atoms with van der Waals surface area (Å²) in [6.45, 7) is 2.96. The molecule has 18 heavy (non-hydrogen) atoms. The normalized spacial score (nSPS) is 12.3. The molecule has 0 aliphatic carbocycles. The van der Waals surface area contributed by atoms with Crippen LogP contribution in [0.25, 0.3) is 0 Å². The maximum Gasteiger partial charge on any atom is 0.307 e. The minimum absolute atomic E-state index is 0.0607. The number of esters is 1. The molecule has 4 heteroatoms. The van der Waals surface area contributed by atoms with E-state index < -0.39 is 12.5 Å². The highest BCUT2D eigenvalue weighted by molar-refractivity contribution is 5.67. The van der Waals surface area contributed by atoms with Crippen LogP contribution in [0.15, 0.2) is 36.6 Å². The van der Waals surface area contributed by atoms with Crippen LogP contribution in [0.1, 0.15) is 21.6 Å². The van der Waals surface area contributed by atoms with Crippen LogP contribution in [0.5, 0.6) is 5.75 Å². The molecule has 0 bridgehead atoms. The third-order valence-electron chi connectivity index (χ3n) is 2.05. The van der Waals surface area contributed by atoms with Gasteiger partial charge >= 0.3 is 5.97 Å². The van der Waals surface area contributed by atoms with E-state index in [1.165, 1.54) is 6.92 Å². The van der Waals surface area contributed by atoms with E-state index in [0.29, 0.717) is 11.3 Å². The summed E-state index contributed by atoms with van der Waals surface area (Å²) in [4.78, 5) is 10.7. The summed E-state index contributed by atoms with van der Waals surface area (Å²) in [5.74, 6) is 0.448. The van der Waals surface area contributed by atoms with Gasteiger partial charge in [-0.25, -0.2) is 0 Å². The molecule has 0 aliphatic rings. The Labute approximate surface area is 110 Å². The second-order valence-electron chi connectivity index (χ2n) is 3.56. The Kier molecular flexibility index (Phi) is 4.71. The van der Waals surface area contributed by atoms with Crippen molar-refractivity contribution in [1.29, 1.82) is 0 Å². The molecule has 0 radical (unpaired) electrons. The smallest absolute Gasteiger partial charge is 0.307 e. The second-order valence-corrected chi connectivity index (χ2v) is 3.56. The maximum atomic E-state index is 10.7. The third kappa shape index (κ3) is 5.50. The standard InChI is InChI=1S/C14H18O4/c1-11(18-12(2)15)8-9-17-10-13-4-6-14(16-3)7-5-13/h4-7H,1,8-10H2,2-3H3/i10D2. The molecule has 0 amide bonds. The van der Waals surface area contributed by atoms with Gasteiger partial charge in [0.15, 0.2) is 0 Å². The molecule has 0 atom stereocenters. The highest BCUT2D eigenvalue weighted by Gasteiger charge is 2.00. The van der Waals surface area contributed by atoms with Crippen LogP contribution in [0, 0.1) is 0 Å². The van der Waals surface area contributed by atoms with Crippen LogP contribution < -0.4 is 4.74 Å². The first kappa shape index (κ1) is 11.3. The number of methoxy groups -OCH3 is 1. The zero-order valence-electron chi connectivity index (χ0n) is 12.6. The van der Waals surface area contributed by atoms with Gasteiger partial charge in [-0.15, -0.1) is 0 Å². The largest absolute Gasteiger partial charge is 0.497 e. The van der Waals surface area contributed by atoms with Crippen LogP contribution in [0.2, 0.25) is 0 Å². The first-order chi connectivity index (χ1) is 9.35. The fourth-order valence-corrected chi connectivity index (χ4v) is 1.21. The number of carbonyl (C=O) groups is 1. The molecule has 0 unspecified atom stereocenters. The summed E-state index contributed by atoms with van der Waals surface area (Å²) < 4.78 is 30.6. The van der Waals surface area contributed by atoms with Crippen molar-refractivity contribution in [3.63, 3.8) is 0 Å². The molecular weight excluding hydrogens is 232 g/mol. The van der Waals surface area contributed by atoms with Crippen molar-refractivity contribution in [2.24, 2.45) is 0 Å². The van der Waals surface area contributed by atoms with Gasteiger partial charge in [-0.05, 0) is 17.7 Å². The van der Waals surface area contributed by atoms with E-state index >= 15 is 0 Å². The fraction of sp³-hybridized carbons (Fsp3) is 0.357. The van der Waals surface area contributed by atoms with Gasteiger partial charge in [-0.1, -0.05) is 18.7 Å². The maximum absolute atomic E-state index is 10.7. The van der Waals surface area contributed by atoms with Crippen LogP contribution in [-0.4, -0.2) is 19.7 Å². The molecule has 0 heterocycles. The SMILES string of the molecule is [2H]C([2H])(OCCC(=C)OC(C)=O)c1ccc(OC)cc1. The summed E-state index contributed by atoms with van der Waals surface area (Å²) in [5.41, 5.74) is 0.386. The van der Waals surface area contributed by atoms with E-state index in [2.05, 4.69) is 6.58 Å². The van der Waals surface area contributed by atoms with Crippen molar-refractivity contribution in [3.05, 3.63) is 42.2 Å². The number of hydrogen-bond acceptors (Lipinski definition) is 4. The summed E-state index contributed by atoms with van der Waals surface area (Å²) in [7, 11) is 1.54. The lowest BCUT2D eigenvalue weighted by Crippen LogP contribution is -2.02. The molecule has 0 fully saturated rings. The highest BCUT2D eigenvalue weighted by Crippen LogP contribution is 2.12. The average Bonchev–Trinajstić information content (AvgIpc) is 2.37. The lowest BCUT2D eigenvalue weighted by Gasteiger charge is -2.07. The van der Waals surface area contributed by atoms with Gasteiger partial charge in [0, 0.05) is 13.3 Å². The molecule has 0 aliphatic heterocycles. The summed E-state index contributed by atoms with van der Waals surface area (Å²) >= 11 is 0. The Hall–Kier alpha value is -1.81. The monoisotopic (exact) mass is 252 g/mol. The molecule has 98 valence electrons. The number of hydrogen-bond donors (Lipinski definition) is 0. The predicted molar refractivity (Wildman–Crippen MR) is 68.2 cm³/mol. The average molecular weight is 252 g/mol. The van der Waals surface area contributed by atoms with Crippen molar-refractivity contribution in [3.8, 4) is 5.75 Å². The van der Waals surface area contributed by atoms with Crippen LogP contribution in [0.3, 0.4) is 0 Å². The fourth-order valence-electron chi connectivity index (χ4n) is 1.21. The van der Waals surface area contributed by atoms with Gasteiger partial charge < -0.3 is 14.2 Å². The van der Waals surface area contributed by atoms with E-state index in [4.69, 9.17) is 17.0 Å². The Bertz CT molecular complexity index is 469. The number of benzene rings is 1. The van der Waals surface area contributed by atoms with Gasteiger partial charge in [0.05, 0.1) is 23.0 Å². The molecule has 0 N–H and O–H groups in total. The highest BCUT2D eigenvalue weighted by atomic mass is 16.5. The molecule has 1 aromatic rings. The molecular formula is C14H18O4. The van der Waals surface area contributed by atoms with Gasteiger partial charge in [0.2, 0.25) is 0 Å². The molecule has 0 saturated heterocycles. The minimum Gasteiger partial charge on any atom is -0.497 e. The summed E-state index contributed by atoms with van der Waals surface area (Å²) in [6, 6.07) is 6.52. The quantitative estimate of drug-likeness (QED) is 0.553. The molecule has 1 rings (SSSR count). The molecule has 1 aromatic carbocycles. The molecule has 0 saturated carbocycles. The van der Waals surface area contributed by atoms with E-state index in [-0.39, 0.29) is 18.8 Å². The lowest BCUT2D eigenvalue weighted by atomic mass is 10.2. The minimum atomic E-state index is -1.93. The summed E-state index contributed by atoms with van der Waals surface area (Å²) in [5, 5.41) is 0. The van der Waals surface area contributed by atoms with E-state index in [1.54, 1.807) is 31.4 Å². The predicted octanol–water partition coefficient (Wildman–Crippen LogP) is 2.68. The van der Waals surface area contributed by atoms with Crippen LogP contribution in [0.4, 0.5) is 0 Å². The number of ether oxygens (including phenoxy) is 3. The Balaban J connectivity index is 2.52. The number of carbonyl (C=O) groups excluding carboxylic acids is 1. The zero-order chi connectivity index (χ0) is 15.2. The topological polar surface area (TPSA) is 44.8 Å². The lowest BCUT2D eigenvalue weighted by molar-refractivity contribution is -0.137. The first-order valence-corrected chi connectivity index (χ1v) is 5.50. The van der Waals surface area contributed by atoms with E-state index in [9.17, 15) is 4.79 Å². The molecule has 0 spiro atoms. The summed E-state index contributed by atoms with van der Waals surface area (Å²) in [6.07, 6.45) is 0.245. The van der Waals surface area contributed by atoms with Gasteiger partial charge in [0.25, 0.3) is 0 Å². The van der Waals surface area contributed by atoms with Crippen molar-refractivity contribution in [2.45, 2.75) is 19.9 Å². The van der Waals surface area contributed by atoms with Crippen molar-refractivity contribution >= 4 is 5.97 Å². The van der Waals surface area contributed by atoms with E-state index in [1.807, 2.05) is 0 Å². The molecule has 0 aromatic heterocycles. The Morgan fingerprint density at radius 3 is 2.61 bits per heavy atom. The molecule has 4 nitrogen and oxygen atoms in total. The van der Waals surface area contributed by atoms with Crippen molar-refractivity contribution in [2.75, 3.05) is 13.7 Å². The third-order valence-corrected chi connectivity index (χ3v) is 2.05. The van der Waals surface area contributed by atoms with Gasteiger partial charge in [0.1, 0.15) is 11.5 Å². The first-order valence-electron chi connectivity index (χ1n) is 6.50. The van der Waals surface area contributed by atoms with Gasteiger partial charge in [-0.3, -0.25) is 4.79 Å². The number of rotatable bonds is 7. The van der Waals surface area contributed by atoms with Crippen molar-refractivity contribution in [1.82, 2.24) is 0 Å². The second kappa shape index (κ2) is 7.50. The Morgan fingerprint density at radius 1 is 1.39 bits per heavy atom. The van der Waals surface area contributed by atoms with Crippen LogP contribution >= 0.6 is 0 Å². The van der Waals surface area contributed by atoms with Gasteiger partial charge in [-0.2, -0.15) is 0 Å². The van der Waals surface area contributed by atoms with Crippen LogP contribution in [-0.2, 0) is 20.8 Å². The zero-order valence-corrected chi connectivity index (χ0v) is 10.6. The Morgan fingerprint density at radius 2 is 2.06 bits per heavy atom. The van der Waals surface area contributed by atoms with E-state index in [0.717, 1.165) is 0 Å².